The summed E-state index contributed by atoms with van der Waals surface area (Å²) in [5, 5.41) is 2.97. The Hall–Kier alpha value is -3.67. The summed E-state index contributed by atoms with van der Waals surface area (Å²) in [5.74, 6) is 1.88. The Bertz CT molecular complexity index is 1180. The van der Waals surface area contributed by atoms with Crippen LogP contribution in [0.15, 0.2) is 67.0 Å². The van der Waals surface area contributed by atoms with Crippen molar-refractivity contribution in [2.45, 2.75) is 33.2 Å². The molecule has 32 heavy (non-hydrogen) atoms. The number of ether oxygens (including phenoxy) is 1. The van der Waals surface area contributed by atoms with Crippen LogP contribution in [-0.2, 0) is 13.0 Å². The number of nitrogens with zero attached hydrogens (tertiary/aromatic N) is 3. The van der Waals surface area contributed by atoms with Crippen molar-refractivity contribution in [1.82, 2.24) is 19.9 Å². The quantitative estimate of drug-likeness (QED) is 0.399. The number of para-hydroxylation sites is 3. The Morgan fingerprint density at radius 3 is 2.53 bits per heavy atom. The zero-order valence-corrected chi connectivity index (χ0v) is 18.5. The summed E-state index contributed by atoms with van der Waals surface area (Å²) in [7, 11) is 0. The van der Waals surface area contributed by atoms with Gasteiger partial charge in [0.25, 0.3) is 5.91 Å². The lowest BCUT2D eigenvalue weighted by atomic mass is 10.1. The van der Waals surface area contributed by atoms with Gasteiger partial charge in [-0.2, -0.15) is 0 Å². The molecule has 1 N–H and O–H groups in total. The first kappa shape index (κ1) is 21.6. The number of nitrogens with one attached hydrogen (secondary N) is 1. The van der Waals surface area contributed by atoms with Crippen molar-refractivity contribution in [1.29, 1.82) is 0 Å². The number of rotatable bonds is 9. The zero-order valence-electron chi connectivity index (χ0n) is 18.5. The number of carbonyl (C=O) groups excluding carboxylic acids is 1. The summed E-state index contributed by atoms with van der Waals surface area (Å²) in [6, 6.07) is 17.8. The molecule has 0 aliphatic heterocycles. The van der Waals surface area contributed by atoms with Gasteiger partial charge in [-0.05, 0) is 55.7 Å². The minimum Gasteiger partial charge on any atom is -0.491 e. The SMILES string of the molecule is Cc1cccc(C)c1OCCn1c(CCCNC(=O)c2ccncc2)nc2ccccc21. The largest absolute Gasteiger partial charge is 0.491 e. The van der Waals surface area contributed by atoms with E-state index < -0.39 is 0 Å². The summed E-state index contributed by atoms with van der Waals surface area (Å²) in [4.78, 5) is 21.0. The van der Waals surface area contributed by atoms with E-state index in [9.17, 15) is 4.79 Å². The van der Waals surface area contributed by atoms with E-state index in [-0.39, 0.29) is 5.91 Å². The number of aromatic nitrogens is 3. The number of fused-ring (bicyclic) bond motifs is 1. The lowest BCUT2D eigenvalue weighted by Gasteiger charge is -2.14. The maximum atomic E-state index is 12.2. The summed E-state index contributed by atoms with van der Waals surface area (Å²) in [6.45, 7) is 6.01. The van der Waals surface area contributed by atoms with Crippen LogP contribution in [0.4, 0.5) is 0 Å². The van der Waals surface area contributed by atoms with Gasteiger partial charge in [0.1, 0.15) is 18.2 Å². The Morgan fingerprint density at radius 2 is 1.75 bits per heavy atom. The van der Waals surface area contributed by atoms with Gasteiger partial charge in [-0.15, -0.1) is 0 Å². The summed E-state index contributed by atoms with van der Waals surface area (Å²) in [6.07, 6.45) is 4.82. The minimum absolute atomic E-state index is 0.0806. The van der Waals surface area contributed by atoms with E-state index in [0.29, 0.717) is 25.3 Å². The van der Waals surface area contributed by atoms with Crippen molar-refractivity contribution in [2.75, 3.05) is 13.2 Å². The van der Waals surface area contributed by atoms with Gasteiger partial charge in [0.2, 0.25) is 0 Å². The maximum absolute atomic E-state index is 12.2. The molecule has 0 bridgehead atoms. The van der Waals surface area contributed by atoms with Crippen LogP contribution in [-0.4, -0.2) is 33.6 Å². The summed E-state index contributed by atoms with van der Waals surface area (Å²) in [5.41, 5.74) is 5.00. The van der Waals surface area contributed by atoms with E-state index in [1.54, 1.807) is 24.5 Å². The molecule has 0 atom stereocenters. The lowest BCUT2D eigenvalue weighted by Crippen LogP contribution is -2.25. The smallest absolute Gasteiger partial charge is 0.251 e. The number of aryl methyl sites for hydroxylation is 3. The number of benzene rings is 2. The first-order valence-corrected chi connectivity index (χ1v) is 10.9. The average molecular weight is 429 g/mol. The molecular formula is C26H28N4O2. The van der Waals surface area contributed by atoms with Gasteiger partial charge < -0.3 is 14.6 Å². The number of hydrogen-bond acceptors (Lipinski definition) is 4. The Labute approximate surface area is 188 Å². The highest BCUT2D eigenvalue weighted by molar-refractivity contribution is 5.93. The molecule has 164 valence electrons. The van der Waals surface area contributed by atoms with Crippen LogP contribution in [0.2, 0.25) is 0 Å². The molecule has 6 nitrogen and oxygen atoms in total. The molecule has 0 radical (unpaired) electrons. The van der Waals surface area contributed by atoms with Crippen LogP contribution < -0.4 is 10.1 Å². The van der Waals surface area contributed by atoms with Crippen molar-refractivity contribution in [3.05, 3.63) is 89.5 Å². The van der Waals surface area contributed by atoms with Crippen LogP contribution in [0.5, 0.6) is 5.75 Å². The highest BCUT2D eigenvalue weighted by Gasteiger charge is 2.12. The first-order valence-electron chi connectivity index (χ1n) is 10.9. The fourth-order valence-corrected chi connectivity index (χ4v) is 3.89. The molecule has 0 saturated heterocycles. The number of carbonyl (C=O) groups is 1. The third-order valence-corrected chi connectivity index (χ3v) is 5.51. The van der Waals surface area contributed by atoms with E-state index in [1.165, 1.54) is 0 Å². The monoisotopic (exact) mass is 428 g/mol. The molecule has 0 aliphatic rings. The second kappa shape index (κ2) is 10.1. The maximum Gasteiger partial charge on any atom is 0.251 e. The van der Waals surface area contributed by atoms with Crippen molar-refractivity contribution in [3.8, 4) is 5.75 Å². The van der Waals surface area contributed by atoms with Crippen LogP contribution in [0, 0.1) is 13.8 Å². The average Bonchev–Trinajstić information content (AvgIpc) is 3.16. The molecule has 0 saturated carbocycles. The van der Waals surface area contributed by atoms with E-state index in [1.807, 2.05) is 24.3 Å². The zero-order chi connectivity index (χ0) is 22.3. The minimum atomic E-state index is -0.0806. The molecule has 0 fully saturated rings. The van der Waals surface area contributed by atoms with Gasteiger partial charge in [-0.1, -0.05) is 30.3 Å². The summed E-state index contributed by atoms with van der Waals surface area (Å²) < 4.78 is 8.37. The Morgan fingerprint density at radius 1 is 1.00 bits per heavy atom. The standard InChI is InChI=1S/C26H28N4O2/c1-19-7-5-8-20(2)25(19)32-18-17-30-23-10-4-3-9-22(23)29-24(30)11-6-14-28-26(31)21-12-15-27-16-13-21/h3-5,7-10,12-13,15-16H,6,11,14,17-18H2,1-2H3,(H,28,31). The normalized spacial score (nSPS) is 10.9. The van der Waals surface area contributed by atoms with Crippen LogP contribution in [0.3, 0.4) is 0 Å². The van der Waals surface area contributed by atoms with Gasteiger partial charge in [0.05, 0.1) is 17.6 Å². The molecule has 4 aromatic rings. The number of hydrogen-bond donors (Lipinski definition) is 1. The highest BCUT2D eigenvalue weighted by atomic mass is 16.5. The van der Waals surface area contributed by atoms with E-state index in [4.69, 9.17) is 9.72 Å². The molecule has 2 aromatic heterocycles. The van der Waals surface area contributed by atoms with Gasteiger partial charge in [-0.25, -0.2) is 4.98 Å². The second-order valence-corrected chi connectivity index (χ2v) is 7.83. The van der Waals surface area contributed by atoms with E-state index in [2.05, 4.69) is 46.9 Å². The molecule has 0 unspecified atom stereocenters. The van der Waals surface area contributed by atoms with E-state index in [0.717, 1.165) is 46.6 Å². The fraction of sp³-hybridized carbons (Fsp3) is 0.269. The van der Waals surface area contributed by atoms with E-state index >= 15 is 0 Å². The number of imidazole rings is 1. The first-order chi connectivity index (χ1) is 15.6. The molecule has 0 spiro atoms. The lowest BCUT2D eigenvalue weighted by molar-refractivity contribution is 0.0953. The molecular weight excluding hydrogens is 400 g/mol. The molecule has 0 aliphatic carbocycles. The van der Waals surface area contributed by atoms with Gasteiger partial charge >= 0.3 is 0 Å². The van der Waals surface area contributed by atoms with Crippen molar-refractivity contribution < 1.29 is 9.53 Å². The second-order valence-electron chi connectivity index (χ2n) is 7.83. The van der Waals surface area contributed by atoms with Crippen molar-refractivity contribution in [3.63, 3.8) is 0 Å². The van der Waals surface area contributed by atoms with Crippen molar-refractivity contribution in [2.24, 2.45) is 0 Å². The molecule has 6 heteroatoms. The highest BCUT2D eigenvalue weighted by Crippen LogP contribution is 2.23. The third-order valence-electron chi connectivity index (χ3n) is 5.51. The molecule has 1 amide bonds. The van der Waals surface area contributed by atoms with Gasteiger partial charge in [-0.3, -0.25) is 9.78 Å². The number of amides is 1. The number of pyridine rings is 1. The fourth-order valence-electron chi connectivity index (χ4n) is 3.89. The van der Waals surface area contributed by atoms with Gasteiger partial charge in [0.15, 0.2) is 0 Å². The van der Waals surface area contributed by atoms with Crippen LogP contribution >= 0.6 is 0 Å². The van der Waals surface area contributed by atoms with Crippen molar-refractivity contribution >= 4 is 16.9 Å². The van der Waals surface area contributed by atoms with Gasteiger partial charge in [0, 0.05) is 30.9 Å². The Kier molecular flexibility index (Phi) is 6.80. The molecule has 2 heterocycles. The topological polar surface area (TPSA) is 69.0 Å². The predicted octanol–water partition coefficient (Wildman–Crippen LogP) is 4.49. The van der Waals surface area contributed by atoms with Crippen LogP contribution in [0.25, 0.3) is 11.0 Å². The summed E-state index contributed by atoms with van der Waals surface area (Å²) >= 11 is 0. The molecule has 4 rings (SSSR count). The Balaban J connectivity index is 1.39. The molecule has 2 aromatic carbocycles. The van der Waals surface area contributed by atoms with Crippen LogP contribution in [0.1, 0.15) is 33.7 Å². The predicted molar refractivity (Wildman–Crippen MR) is 126 cm³/mol. The third kappa shape index (κ3) is 4.97.